The largest absolute Gasteiger partial charge is 0.299 e. The van der Waals surface area contributed by atoms with E-state index in [0.29, 0.717) is 13.1 Å². The minimum absolute atomic E-state index is 0.698. The molecule has 0 bridgehead atoms. The lowest BCUT2D eigenvalue weighted by molar-refractivity contribution is 0.992. The van der Waals surface area contributed by atoms with Crippen LogP contribution in [0.4, 0.5) is 0 Å². The molecule has 34 valence electrons. The van der Waals surface area contributed by atoms with Gasteiger partial charge in [0.1, 0.15) is 0 Å². The van der Waals surface area contributed by atoms with Crippen LogP contribution in [0, 0.1) is 0 Å². The Morgan fingerprint density at radius 2 is 1.33 bits per heavy atom. The van der Waals surface area contributed by atoms with Gasteiger partial charge < -0.3 is 0 Å². The summed E-state index contributed by atoms with van der Waals surface area (Å²) in [5.41, 5.74) is 0. The van der Waals surface area contributed by atoms with E-state index in [1.807, 2.05) is 0 Å². The molecule has 0 amide bonds. The first-order chi connectivity index (χ1) is 2.91. The average molecular weight is 84.1 g/mol. The van der Waals surface area contributed by atoms with E-state index >= 15 is 0 Å². The molecule has 0 aliphatic heterocycles. The quantitative estimate of drug-likeness (QED) is 0.349. The first kappa shape index (κ1) is 5.34. The van der Waals surface area contributed by atoms with E-state index in [9.17, 15) is 0 Å². The highest BCUT2D eigenvalue weighted by molar-refractivity contribution is 5.24. The molecule has 0 radical (unpaired) electrons. The van der Waals surface area contributed by atoms with Crippen LogP contribution in [-0.4, -0.2) is 26.5 Å². The van der Waals surface area contributed by atoms with Crippen LogP contribution in [-0.2, 0) is 0 Å². The lowest BCUT2D eigenvalue weighted by Gasteiger charge is -1.78. The summed E-state index contributed by atoms with van der Waals surface area (Å²) in [6.07, 6.45) is 0. The molecule has 0 unspecified atom stereocenters. The fourth-order valence-electron chi connectivity index (χ4n) is 0.141. The second kappa shape index (κ2) is 4.34. The second-order valence-electron chi connectivity index (χ2n) is 0.894. The van der Waals surface area contributed by atoms with Crippen molar-refractivity contribution in [3.05, 3.63) is 0 Å². The summed E-state index contributed by atoms with van der Waals surface area (Å²) < 4.78 is 0. The maximum absolute atomic E-state index is 3.54. The molecule has 0 aromatic heterocycles. The molecule has 0 aromatic carbocycles. The fourth-order valence-corrected chi connectivity index (χ4v) is 0.141. The van der Waals surface area contributed by atoms with Crippen LogP contribution in [0.1, 0.15) is 0 Å². The van der Waals surface area contributed by atoms with Gasteiger partial charge in [0.2, 0.25) is 0 Å². The highest BCUT2D eigenvalue weighted by atomic mass is 14.8. The van der Waals surface area contributed by atoms with Crippen molar-refractivity contribution in [1.29, 1.82) is 0 Å². The van der Waals surface area contributed by atoms with Gasteiger partial charge in [0.25, 0.3) is 0 Å². The smallest absolute Gasteiger partial charge is 0.0577 e. The minimum atomic E-state index is 0.698. The number of rotatable bonds is 3. The van der Waals surface area contributed by atoms with Crippen LogP contribution < -0.4 is 0 Å². The summed E-state index contributed by atoms with van der Waals surface area (Å²) in [5.74, 6) is 0. The van der Waals surface area contributed by atoms with E-state index < -0.39 is 0 Å². The molecule has 2 heteroatoms. The Hall–Kier alpha value is -0.660. The summed E-state index contributed by atoms with van der Waals surface area (Å²) in [4.78, 5) is 7.08. The minimum Gasteiger partial charge on any atom is -0.299 e. The van der Waals surface area contributed by atoms with Gasteiger partial charge in [-0.15, -0.1) is 0 Å². The van der Waals surface area contributed by atoms with Crippen LogP contribution in [0.3, 0.4) is 0 Å². The highest BCUT2D eigenvalue weighted by Gasteiger charge is 1.66. The first-order valence-electron chi connectivity index (χ1n) is 1.76. The lowest BCUT2D eigenvalue weighted by Crippen LogP contribution is -1.80. The van der Waals surface area contributed by atoms with Gasteiger partial charge in [-0.25, -0.2) is 0 Å². The van der Waals surface area contributed by atoms with Gasteiger partial charge in [-0.1, -0.05) is 0 Å². The molecule has 0 aromatic rings. The molecule has 0 saturated heterocycles. The van der Waals surface area contributed by atoms with E-state index in [4.69, 9.17) is 0 Å². The monoisotopic (exact) mass is 84.1 g/mol. The standard InChI is InChI=1S/C4H8N2/c1-5-3-4-6-2/h1-4H2. The number of hydrogen-bond acceptors (Lipinski definition) is 2. The van der Waals surface area contributed by atoms with Crippen LogP contribution in [0.15, 0.2) is 9.98 Å². The maximum Gasteiger partial charge on any atom is 0.0577 e. The molecular weight excluding hydrogens is 76.1 g/mol. The SMILES string of the molecule is C=NCCN=C. The third-order valence-electron chi connectivity index (χ3n) is 0.416. The maximum atomic E-state index is 3.54. The third-order valence-corrected chi connectivity index (χ3v) is 0.416. The Labute approximate surface area is 37.6 Å². The summed E-state index contributed by atoms with van der Waals surface area (Å²) in [6.45, 7) is 7.92. The summed E-state index contributed by atoms with van der Waals surface area (Å²) in [6, 6.07) is 0. The molecule has 0 aliphatic carbocycles. The Kier molecular flexibility index (Phi) is 3.86. The Balaban J connectivity index is 2.66. The van der Waals surface area contributed by atoms with Gasteiger partial charge >= 0.3 is 0 Å². The zero-order valence-corrected chi connectivity index (χ0v) is 3.72. The normalized spacial score (nSPS) is 7.33. The molecule has 0 rings (SSSR count). The molecule has 6 heavy (non-hydrogen) atoms. The molecule has 0 spiro atoms. The Bertz CT molecular complexity index is 41.5. The van der Waals surface area contributed by atoms with Crippen molar-refractivity contribution in [3.63, 3.8) is 0 Å². The van der Waals surface area contributed by atoms with Crippen molar-refractivity contribution in [2.75, 3.05) is 13.1 Å². The van der Waals surface area contributed by atoms with Crippen LogP contribution in [0.25, 0.3) is 0 Å². The highest BCUT2D eigenvalue weighted by Crippen LogP contribution is 1.64. The number of hydrogen-bond donors (Lipinski definition) is 0. The van der Waals surface area contributed by atoms with E-state index in [1.54, 1.807) is 0 Å². The Morgan fingerprint density at radius 1 is 1.00 bits per heavy atom. The molecule has 2 nitrogen and oxygen atoms in total. The van der Waals surface area contributed by atoms with E-state index in [-0.39, 0.29) is 0 Å². The van der Waals surface area contributed by atoms with Gasteiger partial charge in [0.05, 0.1) is 13.1 Å². The third kappa shape index (κ3) is 3.34. The van der Waals surface area contributed by atoms with Crippen molar-refractivity contribution in [3.8, 4) is 0 Å². The van der Waals surface area contributed by atoms with Gasteiger partial charge in [0, 0.05) is 0 Å². The molecule has 0 heterocycles. The zero-order chi connectivity index (χ0) is 4.83. The number of nitrogens with zero attached hydrogens (tertiary/aromatic N) is 2. The van der Waals surface area contributed by atoms with E-state index in [1.165, 1.54) is 0 Å². The van der Waals surface area contributed by atoms with E-state index in [0.717, 1.165) is 0 Å². The van der Waals surface area contributed by atoms with Gasteiger partial charge in [-0.2, -0.15) is 0 Å². The molecule has 0 saturated carbocycles. The fraction of sp³-hybridized carbons (Fsp3) is 0.500. The zero-order valence-electron chi connectivity index (χ0n) is 3.72. The topological polar surface area (TPSA) is 24.7 Å². The van der Waals surface area contributed by atoms with Gasteiger partial charge in [-0.3, -0.25) is 9.98 Å². The van der Waals surface area contributed by atoms with Crippen molar-refractivity contribution in [2.24, 2.45) is 9.98 Å². The van der Waals surface area contributed by atoms with Crippen molar-refractivity contribution >= 4 is 13.4 Å². The Morgan fingerprint density at radius 3 is 1.50 bits per heavy atom. The average Bonchev–Trinajstić information content (AvgIpc) is 1.61. The molecule has 0 atom stereocenters. The van der Waals surface area contributed by atoms with Crippen LogP contribution >= 0.6 is 0 Å². The molecule has 0 fully saturated rings. The van der Waals surface area contributed by atoms with Crippen LogP contribution in [0.2, 0.25) is 0 Å². The van der Waals surface area contributed by atoms with Crippen LogP contribution in [0.5, 0.6) is 0 Å². The first-order valence-corrected chi connectivity index (χ1v) is 1.76. The van der Waals surface area contributed by atoms with Gasteiger partial charge in [-0.05, 0) is 13.4 Å². The lowest BCUT2D eigenvalue weighted by atomic mass is 10.7. The molecular formula is C4H8N2. The van der Waals surface area contributed by atoms with E-state index in [2.05, 4.69) is 23.4 Å². The molecule has 0 aliphatic rings. The second-order valence-corrected chi connectivity index (χ2v) is 0.894. The summed E-state index contributed by atoms with van der Waals surface area (Å²) >= 11 is 0. The number of aliphatic imine (C=N–C) groups is 2. The van der Waals surface area contributed by atoms with Crippen molar-refractivity contribution in [1.82, 2.24) is 0 Å². The predicted molar refractivity (Wildman–Crippen MR) is 28.8 cm³/mol. The summed E-state index contributed by atoms with van der Waals surface area (Å²) in [7, 11) is 0. The summed E-state index contributed by atoms with van der Waals surface area (Å²) in [5, 5.41) is 0. The van der Waals surface area contributed by atoms with Gasteiger partial charge in [0.15, 0.2) is 0 Å². The predicted octanol–water partition coefficient (Wildman–Crippen LogP) is 0.388. The molecule has 0 N–H and O–H groups in total. The van der Waals surface area contributed by atoms with Crippen molar-refractivity contribution < 1.29 is 0 Å². The van der Waals surface area contributed by atoms with Crippen molar-refractivity contribution in [2.45, 2.75) is 0 Å².